The minimum atomic E-state index is -0.561. The van der Waals surface area contributed by atoms with Gasteiger partial charge in [-0.1, -0.05) is 61.5 Å². The zero-order valence-corrected chi connectivity index (χ0v) is 18.4. The Balaban J connectivity index is 1.58. The van der Waals surface area contributed by atoms with Crippen LogP contribution in [-0.4, -0.2) is 24.9 Å². The summed E-state index contributed by atoms with van der Waals surface area (Å²) >= 11 is 0. The molecule has 1 fully saturated rings. The molecule has 1 heterocycles. The molecule has 1 saturated heterocycles. The van der Waals surface area contributed by atoms with Crippen molar-refractivity contribution in [2.45, 2.75) is 24.7 Å². The first kappa shape index (κ1) is 19.9. The van der Waals surface area contributed by atoms with E-state index in [4.69, 9.17) is 4.74 Å². The van der Waals surface area contributed by atoms with Crippen LogP contribution in [0.1, 0.15) is 51.9 Å². The number of esters is 1. The third-order valence-corrected chi connectivity index (χ3v) is 7.88. The summed E-state index contributed by atoms with van der Waals surface area (Å²) in [7, 11) is 1.31. The molecule has 5 heteroatoms. The van der Waals surface area contributed by atoms with Crippen molar-refractivity contribution in [2.24, 2.45) is 11.8 Å². The van der Waals surface area contributed by atoms with Crippen LogP contribution in [0.2, 0.25) is 0 Å². The van der Waals surface area contributed by atoms with Gasteiger partial charge in [0.15, 0.2) is 0 Å². The number of anilines is 1. The SMILES string of the molecule is CCC12c3ccccc3C(c3ccccc31)[C@@H]1C(=O)N(c3cccc(C(=O)OC)c3)C(=O)[C@@H]12. The van der Waals surface area contributed by atoms with E-state index in [1.807, 2.05) is 24.3 Å². The minimum absolute atomic E-state index is 0.166. The molecule has 0 radical (unpaired) electrons. The summed E-state index contributed by atoms with van der Waals surface area (Å²) in [5.41, 5.74) is 4.77. The van der Waals surface area contributed by atoms with E-state index >= 15 is 0 Å². The van der Waals surface area contributed by atoms with Gasteiger partial charge in [-0.05, 0) is 46.9 Å². The Morgan fingerprint density at radius 2 is 1.55 bits per heavy atom. The molecular formula is C28H23NO4. The zero-order chi connectivity index (χ0) is 22.9. The van der Waals surface area contributed by atoms with Gasteiger partial charge in [-0.15, -0.1) is 0 Å². The zero-order valence-electron chi connectivity index (χ0n) is 18.4. The van der Waals surface area contributed by atoms with E-state index in [9.17, 15) is 14.4 Å². The van der Waals surface area contributed by atoms with Gasteiger partial charge >= 0.3 is 5.97 Å². The molecule has 33 heavy (non-hydrogen) atoms. The molecule has 0 saturated carbocycles. The maximum absolute atomic E-state index is 14.1. The summed E-state index contributed by atoms with van der Waals surface area (Å²) in [5, 5.41) is 0. The van der Waals surface area contributed by atoms with Gasteiger partial charge in [-0.2, -0.15) is 0 Å². The first-order valence-corrected chi connectivity index (χ1v) is 11.3. The summed E-state index contributed by atoms with van der Waals surface area (Å²) in [5.74, 6) is -2.00. The van der Waals surface area contributed by atoms with Crippen LogP contribution in [0.25, 0.3) is 0 Å². The highest BCUT2D eigenvalue weighted by Crippen LogP contribution is 2.65. The number of ether oxygens (including phenoxy) is 1. The maximum Gasteiger partial charge on any atom is 0.337 e. The quantitative estimate of drug-likeness (QED) is 0.449. The van der Waals surface area contributed by atoms with Gasteiger partial charge in [0.05, 0.1) is 30.2 Å². The number of benzene rings is 3. The molecular weight excluding hydrogens is 414 g/mol. The van der Waals surface area contributed by atoms with Crippen LogP contribution in [0.15, 0.2) is 72.8 Å². The monoisotopic (exact) mass is 437 g/mol. The van der Waals surface area contributed by atoms with E-state index in [0.717, 1.165) is 22.3 Å². The van der Waals surface area contributed by atoms with Crippen LogP contribution >= 0.6 is 0 Å². The van der Waals surface area contributed by atoms with E-state index < -0.39 is 23.2 Å². The van der Waals surface area contributed by atoms with Crippen LogP contribution < -0.4 is 4.90 Å². The average molecular weight is 437 g/mol. The normalized spacial score (nSPS) is 26.6. The van der Waals surface area contributed by atoms with Crippen LogP contribution in [0.4, 0.5) is 5.69 Å². The van der Waals surface area contributed by atoms with Gasteiger partial charge in [-0.25, -0.2) is 9.69 Å². The van der Waals surface area contributed by atoms with Crippen molar-refractivity contribution in [1.82, 2.24) is 0 Å². The highest BCUT2D eigenvalue weighted by Gasteiger charge is 2.67. The van der Waals surface area contributed by atoms with Crippen molar-refractivity contribution in [3.05, 3.63) is 101 Å². The van der Waals surface area contributed by atoms with Crippen molar-refractivity contribution >= 4 is 23.5 Å². The van der Waals surface area contributed by atoms with Crippen molar-refractivity contribution < 1.29 is 19.1 Å². The molecule has 0 N–H and O–H groups in total. The molecule has 2 amide bonds. The van der Waals surface area contributed by atoms with E-state index in [-0.39, 0.29) is 17.7 Å². The number of carbonyl (C=O) groups is 3. The Bertz CT molecular complexity index is 1300. The highest BCUT2D eigenvalue weighted by molar-refractivity contribution is 6.24. The van der Waals surface area contributed by atoms with Gasteiger partial charge in [-0.3, -0.25) is 9.59 Å². The molecule has 1 aliphatic heterocycles. The molecule has 0 spiro atoms. The first-order valence-electron chi connectivity index (χ1n) is 11.3. The highest BCUT2D eigenvalue weighted by atomic mass is 16.5. The standard InChI is InChI=1S/C28H23NO4/c1-3-28-20-13-6-4-11-18(20)22(19-12-5-7-14-21(19)28)23-24(28)26(31)29(25(23)30)17-10-8-9-16(15-17)27(32)33-2/h4-15,22-24H,3H2,1-2H3/t22?,23-,24+,28?/m0/s1. The van der Waals surface area contributed by atoms with Gasteiger partial charge in [0.2, 0.25) is 11.8 Å². The lowest BCUT2D eigenvalue weighted by Crippen LogP contribution is -2.53. The lowest BCUT2D eigenvalue weighted by molar-refractivity contribution is -0.123. The smallest absolute Gasteiger partial charge is 0.337 e. The molecule has 3 aromatic rings. The largest absolute Gasteiger partial charge is 0.465 e. The maximum atomic E-state index is 14.1. The lowest BCUT2D eigenvalue weighted by atomic mass is 9.46. The van der Waals surface area contributed by atoms with Gasteiger partial charge in [0.25, 0.3) is 0 Å². The molecule has 3 aromatic carbocycles. The van der Waals surface area contributed by atoms with Crippen LogP contribution in [0.3, 0.4) is 0 Å². The van der Waals surface area contributed by atoms with Crippen molar-refractivity contribution in [3.63, 3.8) is 0 Å². The van der Waals surface area contributed by atoms with Gasteiger partial charge in [0, 0.05) is 11.3 Å². The summed E-state index contributed by atoms with van der Waals surface area (Å²) in [4.78, 5) is 41.4. The van der Waals surface area contributed by atoms with Gasteiger partial charge in [0.1, 0.15) is 0 Å². The number of hydrogen-bond acceptors (Lipinski definition) is 4. The van der Waals surface area contributed by atoms with Gasteiger partial charge < -0.3 is 4.74 Å². The fourth-order valence-electron chi connectivity index (χ4n) is 6.67. The summed E-state index contributed by atoms with van der Waals surface area (Å²) in [6.07, 6.45) is 0.712. The Morgan fingerprint density at radius 3 is 2.15 bits per heavy atom. The number of methoxy groups -OCH3 is 1. The fraction of sp³-hybridized carbons (Fsp3) is 0.250. The summed E-state index contributed by atoms with van der Waals surface area (Å²) < 4.78 is 4.84. The summed E-state index contributed by atoms with van der Waals surface area (Å²) in [6.45, 7) is 2.11. The summed E-state index contributed by atoms with van der Waals surface area (Å²) in [6, 6.07) is 23.1. The molecule has 164 valence electrons. The number of nitrogens with zero attached hydrogens (tertiary/aromatic N) is 1. The molecule has 0 aromatic heterocycles. The number of amides is 2. The molecule has 7 rings (SSSR count). The van der Waals surface area contributed by atoms with E-state index in [0.29, 0.717) is 17.7 Å². The Labute approximate surface area is 192 Å². The second kappa shape index (κ2) is 6.88. The van der Waals surface area contributed by atoms with Crippen molar-refractivity contribution in [2.75, 3.05) is 12.0 Å². The third kappa shape index (κ3) is 2.34. The Hall–Kier alpha value is -3.73. The molecule has 2 atom stereocenters. The van der Waals surface area contributed by atoms with Crippen molar-refractivity contribution in [1.29, 1.82) is 0 Å². The van der Waals surface area contributed by atoms with E-state index in [1.165, 1.54) is 12.0 Å². The first-order chi connectivity index (χ1) is 16.0. The van der Waals surface area contributed by atoms with Crippen LogP contribution in [0.5, 0.6) is 0 Å². The van der Waals surface area contributed by atoms with E-state index in [2.05, 4.69) is 31.2 Å². The fourth-order valence-corrected chi connectivity index (χ4v) is 6.67. The number of imide groups is 1. The Morgan fingerprint density at radius 1 is 0.909 bits per heavy atom. The predicted octanol–water partition coefficient (Wildman–Crippen LogP) is 4.43. The number of hydrogen-bond donors (Lipinski definition) is 0. The minimum Gasteiger partial charge on any atom is -0.465 e. The third-order valence-electron chi connectivity index (χ3n) is 7.88. The molecule has 0 unspecified atom stereocenters. The number of rotatable bonds is 3. The predicted molar refractivity (Wildman–Crippen MR) is 123 cm³/mol. The van der Waals surface area contributed by atoms with Crippen molar-refractivity contribution in [3.8, 4) is 0 Å². The molecule has 3 aliphatic carbocycles. The van der Waals surface area contributed by atoms with Crippen LogP contribution in [-0.2, 0) is 19.7 Å². The molecule has 5 nitrogen and oxygen atoms in total. The molecule has 2 bridgehead atoms. The second-order valence-corrected chi connectivity index (χ2v) is 9.03. The molecule has 4 aliphatic rings. The number of carbonyl (C=O) groups excluding carboxylic acids is 3. The Kier molecular flexibility index (Phi) is 4.15. The average Bonchev–Trinajstić information content (AvgIpc) is 3.14. The lowest BCUT2D eigenvalue weighted by Gasteiger charge is -2.54. The topological polar surface area (TPSA) is 63.7 Å². The van der Waals surface area contributed by atoms with E-state index in [1.54, 1.807) is 24.3 Å². The van der Waals surface area contributed by atoms with Crippen LogP contribution in [0, 0.1) is 11.8 Å². The second-order valence-electron chi connectivity index (χ2n) is 9.03.